The standard InChI is InChI=1S/C17H20ClN3O8S/c1-8-6-11(23)21(8)14(16(26)27)17(2,30(28)29)7-19-20(3)15(25)9-4-5-10(22)13(24)12(9)18/h4-5,7-8,14,22,24,30H,6H2,1-3H3,(H,26,27)/b19-7+/t8-,14+,17+/m1/s1. The number of hydrogen-bond acceptors (Lipinski definition) is 8. The van der Waals surface area contributed by atoms with Crippen LogP contribution in [0.3, 0.4) is 0 Å². The highest BCUT2D eigenvalue weighted by Crippen LogP contribution is 2.36. The van der Waals surface area contributed by atoms with Gasteiger partial charge in [-0.3, -0.25) is 9.59 Å². The number of aliphatic carboxylic acids is 1. The van der Waals surface area contributed by atoms with Gasteiger partial charge in [0.25, 0.3) is 5.91 Å². The minimum absolute atomic E-state index is 0.0911. The zero-order valence-corrected chi connectivity index (χ0v) is 17.8. The largest absolute Gasteiger partial charge is 0.504 e. The lowest BCUT2D eigenvalue weighted by molar-refractivity contribution is -0.161. The van der Waals surface area contributed by atoms with Crippen molar-refractivity contribution in [3.63, 3.8) is 0 Å². The Hall–Kier alpha value is -2.86. The van der Waals surface area contributed by atoms with E-state index in [1.54, 1.807) is 6.92 Å². The van der Waals surface area contributed by atoms with Crippen molar-refractivity contribution in [1.29, 1.82) is 0 Å². The Balaban J connectivity index is 2.39. The number of β-lactam (4-membered cyclic amide) rings is 1. The summed E-state index contributed by atoms with van der Waals surface area (Å²) >= 11 is 5.84. The predicted octanol–water partition coefficient (Wildman–Crippen LogP) is 0.253. The molecule has 1 aliphatic heterocycles. The normalized spacial score (nSPS) is 19.4. The minimum Gasteiger partial charge on any atom is -0.504 e. The summed E-state index contributed by atoms with van der Waals surface area (Å²) in [4.78, 5) is 37.2. The molecule has 0 bridgehead atoms. The van der Waals surface area contributed by atoms with Crippen LogP contribution in [0.15, 0.2) is 17.2 Å². The van der Waals surface area contributed by atoms with E-state index in [9.17, 15) is 38.1 Å². The zero-order chi connectivity index (χ0) is 23.0. The van der Waals surface area contributed by atoms with Crippen molar-refractivity contribution in [2.45, 2.75) is 37.1 Å². The predicted molar refractivity (Wildman–Crippen MR) is 106 cm³/mol. The highest BCUT2D eigenvalue weighted by Gasteiger charge is 2.52. The quantitative estimate of drug-likeness (QED) is 0.147. The van der Waals surface area contributed by atoms with Gasteiger partial charge >= 0.3 is 5.97 Å². The molecule has 1 heterocycles. The van der Waals surface area contributed by atoms with Crippen molar-refractivity contribution in [2.24, 2.45) is 5.10 Å². The van der Waals surface area contributed by atoms with Crippen LogP contribution in [0.1, 0.15) is 30.6 Å². The summed E-state index contributed by atoms with van der Waals surface area (Å²) in [5.41, 5.74) is -0.235. The first-order valence-corrected chi connectivity index (χ1v) is 10.1. The molecule has 1 aliphatic rings. The lowest BCUT2D eigenvalue weighted by atomic mass is 9.92. The van der Waals surface area contributed by atoms with Crippen LogP contribution in [0.4, 0.5) is 0 Å². The van der Waals surface area contributed by atoms with Gasteiger partial charge in [-0.05, 0) is 26.0 Å². The molecule has 2 amide bonds. The minimum atomic E-state index is -3.44. The number of nitrogens with zero attached hydrogens (tertiary/aromatic N) is 3. The molecule has 0 radical (unpaired) electrons. The molecular formula is C17H20ClN3O8S. The molecule has 1 aromatic rings. The zero-order valence-electron chi connectivity index (χ0n) is 16.1. The summed E-state index contributed by atoms with van der Waals surface area (Å²) < 4.78 is 21.8. The summed E-state index contributed by atoms with van der Waals surface area (Å²) in [6.45, 7) is 2.67. The van der Waals surface area contributed by atoms with Gasteiger partial charge in [-0.2, -0.15) is 5.10 Å². The summed E-state index contributed by atoms with van der Waals surface area (Å²) in [5, 5.41) is 32.7. The number of benzene rings is 1. The summed E-state index contributed by atoms with van der Waals surface area (Å²) in [7, 11) is -2.28. The molecule has 164 valence electrons. The van der Waals surface area contributed by atoms with Crippen molar-refractivity contribution in [1.82, 2.24) is 9.91 Å². The first-order chi connectivity index (χ1) is 13.8. The van der Waals surface area contributed by atoms with E-state index in [0.717, 1.165) is 37.2 Å². The van der Waals surface area contributed by atoms with Crippen LogP contribution in [0.5, 0.6) is 11.5 Å². The van der Waals surface area contributed by atoms with Crippen molar-refractivity contribution >= 4 is 46.3 Å². The van der Waals surface area contributed by atoms with Gasteiger partial charge in [-0.25, -0.2) is 18.2 Å². The summed E-state index contributed by atoms with van der Waals surface area (Å²) in [6, 6.07) is -0.0654. The molecule has 1 saturated heterocycles. The van der Waals surface area contributed by atoms with Crippen molar-refractivity contribution in [3.05, 3.63) is 22.7 Å². The fourth-order valence-corrected chi connectivity index (χ4v) is 3.83. The van der Waals surface area contributed by atoms with Crippen LogP contribution in [0.25, 0.3) is 0 Å². The molecule has 1 aromatic carbocycles. The van der Waals surface area contributed by atoms with E-state index in [1.807, 2.05) is 0 Å². The SMILES string of the molecule is C[C@@H]1CC(=O)N1[C@@H](C(=O)O)[C@](C)(/C=N/N(C)C(=O)c1ccc(O)c(O)c1Cl)[SH](=O)=O. The van der Waals surface area contributed by atoms with Gasteiger partial charge in [0.2, 0.25) is 5.91 Å². The molecule has 3 N–H and O–H groups in total. The molecule has 30 heavy (non-hydrogen) atoms. The number of rotatable bonds is 7. The number of halogens is 1. The number of thiol groups is 1. The molecule has 11 nitrogen and oxygen atoms in total. The number of hydrogen-bond donors (Lipinski definition) is 4. The average Bonchev–Trinajstić information content (AvgIpc) is 2.67. The second-order valence-electron chi connectivity index (χ2n) is 6.95. The number of carbonyl (C=O) groups is 3. The maximum Gasteiger partial charge on any atom is 0.328 e. The molecule has 0 saturated carbocycles. The third kappa shape index (κ3) is 4.05. The van der Waals surface area contributed by atoms with E-state index in [2.05, 4.69) is 5.10 Å². The van der Waals surface area contributed by atoms with Crippen molar-refractivity contribution in [2.75, 3.05) is 7.05 Å². The van der Waals surface area contributed by atoms with E-state index in [0.29, 0.717) is 5.01 Å². The number of carboxylic acids is 1. The maximum atomic E-state index is 12.5. The molecule has 3 atom stereocenters. The van der Waals surface area contributed by atoms with Gasteiger partial charge in [-0.15, -0.1) is 0 Å². The van der Waals surface area contributed by atoms with Crippen LogP contribution in [0, 0.1) is 0 Å². The highest BCUT2D eigenvalue weighted by atomic mass is 35.5. The Morgan fingerprint density at radius 3 is 2.47 bits per heavy atom. The fraction of sp³-hybridized carbons (Fsp3) is 0.412. The number of likely N-dealkylation sites (tertiary alicyclic amines) is 1. The van der Waals surface area contributed by atoms with Crippen LogP contribution < -0.4 is 0 Å². The van der Waals surface area contributed by atoms with Gasteiger partial charge in [-0.1, -0.05) is 11.6 Å². The molecular weight excluding hydrogens is 442 g/mol. The second kappa shape index (κ2) is 8.48. The lowest BCUT2D eigenvalue weighted by Crippen LogP contribution is -2.66. The molecule has 1 fully saturated rings. The van der Waals surface area contributed by atoms with Gasteiger partial charge < -0.3 is 20.2 Å². The third-order valence-electron chi connectivity index (χ3n) is 4.80. The first kappa shape index (κ1) is 23.4. The highest BCUT2D eigenvalue weighted by molar-refractivity contribution is 7.75. The topological polar surface area (TPSA) is 165 Å². The van der Waals surface area contributed by atoms with Gasteiger partial charge in [0.05, 0.1) is 10.6 Å². The van der Waals surface area contributed by atoms with Crippen LogP contribution in [-0.4, -0.2) is 81.5 Å². The van der Waals surface area contributed by atoms with E-state index < -0.39 is 61.8 Å². The molecule has 0 unspecified atom stereocenters. The number of amides is 2. The third-order valence-corrected chi connectivity index (χ3v) is 6.33. The number of carboxylic acid groups (broad SMARTS) is 1. The second-order valence-corrected chi connectivity index (χ2v) is 8.80. The Morgan fingerprint density at radius 2 is 2.00 bits per heavy atom. The average molecular weight is 462 g/mol. The van der Waals surface area contributed by atoms with E-state index >= 15 is 0 Å². The van der Waals surface area contributed by atoms with E-state index in [4.69, 9.17) is 11.6 Å². The Morgan fingerprint density at radius 1 is 1.40 bits per heavy atom. The number of hydrazone groups is 1. The monoisotopic (exact) mass is 461 g/mol. The number of aromatic hydroxyl groups is 2. The Kier molecular flexibility index (Phi) is 6.62. The first-order valence-electron chi connectivity index (χ1n) is 8.55. The number of carbonyl (C=O) groups excluding carboxylic acids is 2. The molecule has 0 spiro atoms. The van der Waals surface area contributed by atoms with Crippen molar-refractivity contribution in [3.8, 4) is 11.5 Å². The number of phenols is 2. The van der Waals surface area contributed by atoms with Crippen molar-refractivity contribution < 1.29 is 38.1 Å². The van der Waals surface area contributed by atoms with Crippen LogP contribution in [-0.2, 0) is 20.3 Å². The molecule has 0 aliphatic carbocycles. The van der Waals surface area contributed by atoms with Gasteiger partial charge in [0.15, 0.2) is 28.2 Å². The molecule has 2 rings (SSSR count). The molecule has 13 heteroatoms. The van der Waals surface area contributed by atoms with Crippen LogP contribution in [0.2, 0.25) is 5.02 Å². The summed E-state index contributed by atoms with van der Waals surface area (Å²) in [6.07, 6.45) is 0.857. The van der Waals surface area contributed by atoms with Gasteiger partial charge in [0, 0.05) is 25.7 Å². The van der Waals surface area contributed by atoms with Gasteiger partial charge in [0.1, 0.15) is 4.75 Å². The molecule has 0 aromatic heterocycles. The maximum absolute atomic E-state index is 12.5. The Labute approximate surface area is 178 Å². The smallest absolute Gasteiger partial charge is 0.328 e. The number of phenolic OH excluding ortho intramolecular Hbond substituents is 2. The van der Waals surface area contributed by atoms with E-state index in [-0.39, 0.29) is 12.0 Å². The fourth-order valence-electron chi connectivity index (χ4n) is 3.01. The summed E-state index contributed by atoms with van der Waals surface area (Å²) in [5.74, 6) is -4.18. The lowest BCUT2D eigenvalue weighted by Gasteiger charge is -2.45. The Bertz CT molecular complexity index is 1000. The van der Waals surface area contributed by atoms with Crippen LogP contribution >= 0.6 is 11.6 Å². The van der Waals surface area contributed by atoms with E-state index in [1.165, 1.54) is 0 Å².